The average Bonchev–Trinajstić information content (AvgIpc) is 3.05. The molecule has 22 heavy (non-hydrogen) atoms. The van der Waals surface area contributed by atoms with Gasteiger partial charge in [0.25, 0.3) is 0 Å². The highest BCUT2D eigenvalue weighted by molar-refractivity contribution is 6.30. The summed E-state index contributed by atoms with van der Waals surface area (Å²) in [5.41, 5.74) is 1.89. The molecule has 110 valence electrons. The van der Waals surface area contributed by atoms with Crippen molar-refractivity contribution in [1.29, 1.82) is 0 Å². The normalized spacial score (nSPS) is 11.0. The Balaban J connectivity index is 1.74. The van der Waals surface area contributed by atoms with E-state index in [1.165, 1.54) is 17.3 Å². The summed E-state index contributed by atoms with van der Waals surface area (Å²) in [7, 11) is 0. The lowest BCUT2D eigenvalue weighted by molar-refractivity contribution is 0.306. The maximum absolute atomic E-state index is 5.97. The van der Waals surface area contributed by atoms with Crippen LogP contribution in [0.3, 0.4) is 0 Å². The van der Waals surface area contributed by atoms with Crippen LogP contribution in [0.15, 0.2) is 66.3 Å². The lowest BCUT2D eigenvalue weighted by Crippen LogP contribution is -1.98. The third-order valence-corrected chi connectivity index (χ3v) is 3.17. The van der Waals surface area contributed by atoms with Gasteiger partial charge in [-0.2, -0.15) is 5.10 Å². The van der Waals surface area contributed by atoms with Crippen molar-refractivity contribution >= 4 is 17.8 Å². The Morgan fingerprint density at radius 2 is 1.91 bits per heavy atom. The molecule has 0 aliphatic heterocycles. The number of halogens is 1. The third kappa shape index (κ3) is 3.71. The quantitative estimate of drug-likeness (QED) is 0.679. The van der Waals surface area contributed by atoms with Gasteiger partial charge in [0.15, 0.2) is 0 Å². The topological polar surface area (TPSA) is 52.3 Å². The zero-order chi connectivity index (χ0) is 15.2. The molecule has 0 aliphatic rings. The summed E-state index contributed by atoms with van der Waals surface area (Å²) >= 11 is 5.97. The molecule has 6 heteroatoms. The Morgan fingerprint density at radius 3 is 2.73 bits per heavy atom. The zero-order valence-electron chi connectivity index (χ0n) is 11.6. The minimum absolute atomic E-state index is 0.443. The van der Waals surface area contributed by atoms with E-state index in [9.17, 15) is 0 Å². The molecule has 0 saturated carbocycles. The van der Waals surface area contributed by atoms with Crippen molar-refractivity contribution in [2.75, 3.05) is 0 Å². The first kappa shape index (κ1) is 14.3. The van der Waals surface area contributed by atoms with E-state index in [4.69, 9.17) is 16.3 Å². The molecule has 2 aromatic carbocycles. The van der Waals surface area contributed by atoms with Gasteiger partial charge in [0, 0.05) is 10.6 Å². The largest absolute Gasteiger partial charge is 0.488 e. The molecule has 3 aromatic rings. The first-order valence-electron chi connectivity index (χ1n) is 6.66. The van der Waals surface area contributed by atoms with E-state index in [-0.39, 0.29) is 0 Å². The van der Waals surface area contributed by atoms with Gasteiger partial charge in [-0.3, -0.25) is 0 Å². The molecule has 0 unspecified atom stereocenters. The number of rotatable bonds is 5. The second kappa shape index (κ2) is 6.87. The number of aromatic nitrogens is 3. The monoisotopic (exact) mass is 312 g/mol. The van der Waals surface area contributed by atoms with Crippen molar-refractivity contribution in [3.8, 4) is 5.75 Å². The average molecular weight is 313 g/mol. The molecule has 5 nitrogen and oxygen atoms in total. The van der Waals surface area contributed by atoms with Crippen LogP contribution in [0.2, 0.25) is 5.02 Å². The van der Waals surface area contributed by atoms with Crippen molar-refractivity contribution in [3.63, 3.8) is 0 Å². The molecule has 0 amide bonds. The van der Waals surface area contributed by atoms with Gasteiger partial charge >= 0.3 is 0 Å². The van der Waals surface area contributed by atoms with Crippen molar-refractivity contribution in [2.45, 2.75) is 6.61 Å². The molecular weight excluding hydrogens is 300 g/mol. The van der Waals surface area contributed by atoms with E-state index >= 15 is 0 Å². The van der Waals surface area contributed by atoms with E-state index in [0.29, 0.717) is 11.6 Å². The fraction of sp³-hybridized carbons (Fsp3) is 0.0625. The van der Waals surface area contributed by atoms with Crippen LogP contribution in [-0.4, -0.2) is 21.1 Å². The molecular formula is C16H13ClN4O. The Morgan fingerprint density at radius 1 is 1.09 bits per heavy atom. The van der Waals surface area contributed by atoms with Crippen LogP contribution in [-0.2, 0) is 6.61 Å². The van der Waals surface area contributed by atoms with E-state index in [2.05, 4.69) is 15.3 Å². The molecule has 0 saturated heterocycles. The SMILES string of the molecule is Clc1cccc(COc2ccccc2/C=N\n2cnnc2)c1. The number of nitrogens with zero attached hydrogens (tertiary/aromatic N) is 4. The Kier molecular flexibility index (Phi) is 4.46. The van der Waals surface area contributed by atoms with Crippen LogP contribution in [0.25, 0.3) is 0 Å². The highest BCUT2D eigenvalue weighted by atomic mass is 35.5. The van der Waals surface area contributed by atoms with Crippen LogP contribution >= 0.6 is 11.6 Å². The standard InChI is InChI=1S/C16H13ClN4O/c17-15-6-3-4-13(8-15)10-22-16-7-2-1-5-14(16)9-20-21-11-18-19-12-21/h1-9,11-12H,10H2/b20-9-. The van der Waals surface area contributed by atoms with Gasteiger partial charge < -0.3 is 4.74 Å². The first-order chi connectivity index (χ1) is 10.8. The van der Waals surface area contributed by atoms with Gasteiger partial charge in [-0.25, -0.2) is 4.68 Å². The summed E-state index contributed by atoms with van der Waals surface area (Å²) in [6.45, 7) is 0.443. The third-order valence-electron chi connectivity index (χ3n) is 2.94. The summed E-state index contributed by atoms with van der Waals surface area (Å²) in [6.07, 6.45) is 4.74. The Labute approximate surface area is 132 Å². The molecule has 0 bridgehead atoms. The first-order valence-corrected chi connectivity index (χ1v) is 7.04. The van der Waals surface area contributed by atoms with Crippen LogP contribution in [0, 0.1) is 0 Å². The summed E-state index contributed by atoms with van der Waals surface area (Å²) in [5.74, 6) is 0.749. The minimum atomic E-state index is 0.443. The number of hydrogen-bond donors (Lipinski definition) is 0. The molecule has 0 fully saturated rings. The number of benzene rings is 2. The number of para-hydroxylation sites is 1. The predicted octanol–water partition coefficient (Wildman–Crippen LogP) is 3.39. The van der Waals surface area contributed by atoms with Crippen LogP contribution < -0.4 is 4.74 Å². The maximum atomic E-state index is 5.97. The Bertz CT molecular complexity index is 771. The van der Waals surface area contributed by atoms with Gasteiger partial charge in [-0.05, 0) is 29.8 Å². The van der Waals surface area contributed by atoms with Crippen LogP contribution in [0.1, 0.15) is 11.1 Å². The summed E-state index contributed by atoms with van der Waals surface area (Å²) in [5, 5.41) is 12.3. The summed E-state index contributed by atoms with van der Waals surface area (Å²) in [6, 6.07) is 15.3. The van der Waals surface area contributed by atoms with Gasteiger partial charge in [0.2, 0.25) is 0 Å². The van der Waals surface area contributed by atoms with Crippen molar-refractivity contribution in [1.82, 2.24) is 14.9 Å². The van der Waals surface area contributed by atoms with Gasteiger partial charge in [-0.15, -0.1) is 10.2 Å². The van der Waals surface area contributed by atoms with E-state index in [1.807, 2.05) is 48.5 Å². The van der Waals surface area contributed by atoms with Crippen molar-refractivity contribution < 1.29 is 4.74 Å². The zero-order valence-corrected chi connectivity index (χ0v) is 12.4. The van der Waals surface area contributed by atoms with Gasteiger partial charge in [0.05, 0.1) is 6.21 Å². The second-order valence-corrected chi connectivity index (χ2v) is 4.98. The van der Waals surface area contributed by atoms with Gasteiger partial charge in [0.1, 0.15) is 25.0 Å². The van der Waals surface area contributed by atoms with Crippen LogP contribution in [0.5, 0.6) is 5.75 Å². The number of ether oxygens (including phenoxy) is 1. The molecule has 0 spiro atoms. The minimum Gasteiger partial charge on any atom is -0.488 e. The highest BCUT2D eigenvalue weighted by Crippen LogP contribution is 2.19. The van der Waals surface area contributed by atoms with Gasteiger partial charge in [-0.1, -0.05) is 35.9 Å². The van der Waals surface area contributed by atoms with Crippen LogP contribution in [0.4, 0.5) is 0 Å². The fourth-order valence-corrected chi connectivity index (χ4v) is 2.10. The van der Waals surface area contributed by atoms with E-state index < -0.39 is 0 Å². The lowest BCUT2D eigenvalue weighted by Gasteiger charge is -2.09. The molecule has 1 heterocycles. The smallest absolute Gasteiger partial charge is 0.141 e. The van der Waals surface area contributed by atoms with E-state index in [1.54, 1.807) is 6.21 Å². The lowest BCUT2D eigenvalue weighted by atomic mass is 10.2. The molecule has 0 atom stereocenters. The van der Waals surface area contributed by atoms with Crippen molar-refractivity contribution in [2.24, 2.45) is 5.10 Å². The van der Waals surface area contributed by atoms with Crippen molar-refractivity contribution in [3.05, 3.63) is 77.3 Å². The molecule has 3 rings (SSSR count). The van der Waals surface area contributed by atoms with E-state index in [0.717, 1.165) is 16.9 Å². The second-order valence-electron chi connectivity index (χ2n) is 4.54. The molecule has 0 radical (unpaired) electrons. The highest BCUT2D eigenvalue weighted by Gasteiger charge is 2.02. The fourth-order valence-electron chi connectivity index (χ4n) is 1.89. The number of hydrogen-bond acceptors (Lipinski definition) is 4. The molecule has 1 aromatic heterocycles. The summed E-state index contributed by atoms with van der Waals surface area (Å²) < 4.78 is 7.38. The molecule has 0 aliphatic carbocycles. The predicted molar refractivity (Wildman–Crippen MR) is 85.2 cm³/mol. The summed E-state index contributed by atoms with van der Waals surface area (Å²) in [4.78, 5) is 0. The molecule has 0 N–H and O–H groups in total. The maximum Gasteiger partial charge on any atom is 0.141 e. The Hall–Kier alpha value is -2.66.